The van der Waals surface area contributed by atoms with Crippen LogP contribution in [-0.2, 0) is 27.2 Å². The molecule has 5 N–H and O–H groups in total. The molecule has 2 saturated heterocycles. The summed E-state index contributed by atoms with van der Waals surface area (Å²) in [5.41, 5.74) is 8.92. The van der Waals surface area contributed by atoms with E-state index < -0.39 is 24.3 Å². The van der Waals surface area contributed by atoms with Gasteiger partial charge in [0.05, 0.1) is 36.8 Å². The maximum atomic E-state index is 14.0. The van der Waals surface area contributed by atoms with Gasteiger partial charge in [0.1, 0.15) is 23.7 Å². The molecule has 4 aromatic carbocycles. The van der Waals surface area contributed by atoms with Crippen LogP contribution in [0.4, 0.5) is 9.59 Å². The van der Waals surface area contributed by atoms with Crippen molar-refractivity contribution in [1.29, 1.82) is 0 Å². The van der Waals surface area contributed by atoms with E-state index in [1.165, 1.54) is 12.7 Å². The summed E-state index contributed by atoms with van der Waals surface area (Å²) in [6.07, 6.45) is 4.52. The smallest absolute Gasteiger partial charge is 0.407 e. The van der Waals surface area contributed by atoms with Crippen LogP contribution in [0.15, 0.2) is 109 Å². The molecule has 318 valence electrons. The van der Waals surface area contributed by atoms with Gasteiger partial charge in [-0.15, -0.1) is 0 Å². The first kappa shape index (κ1) is 40.7. The Hall–Kier alpha value is -7.66. The van der Waals surface area contributed by atoms with Crippen molar-refractivity contribution in [2.24, 2.45) is 0 Å². The summed E-state index contributed by atoms with van der Waals surface area (Å²) >= 11 is 0. The van der Waals surface area contributed by atoms with Crippen molar-refractivity contribution in [2.75, 3.05) is 20.2 Å². The number of aromatic amines is 2. The van der Waals surface area contributed by atoms with Crippen molar-refractivity contribution in [3.8, 4) is 34.4 Å². The summed E-state index contributed by atoms with van der Waals surface area (Å²) in [6.45, 7) is 1.06. The van der Waals surface area contributed by atoms with Crippen LogP contribution in [0, 0.1) is 11.8 Å². The Labute approximate surface area is 364 Å². The molecule has 2 fully saturated rings. The number of imidazole rings is 2. The normalized spacial score (nSPS) is 17.4. The van der Waals surface area contributed by atoms with E-state index in [0.717, 1.165) is 77.3 Å². The Kier molecular flexibility index (Phi) is 11.5. The minimum atomic E-state index is -1.26. The number of carbonyl (C=O) groups is 4. The van der Waals surface area contributed by atoms with Crippen molar-refractivity contribution in [2.45, 2.75) is 62.7 Å². The van der Waals surface area contributed by atoms with Crippen molar-refractivity contribution < 1.29 is 29.0 Å². The fraction of sp³-hybridized carbons (Fsp3) is 0.265. The predicted molar refractivity (Wildman–Crippen MR) is 234 cm³/mol. The highest BCUT2D eigenvalue weighted by Crippen LogP contribution is 2.39. The molecule has 63 heavy (non-hydrogen) atoms. The summed E-state index contributed by atoms with van der Waals surface area (Å²) in [6, 6.07) is 29.8. The number of likely N-dealkylation sites (tertiary alicyclic amines) is 2. The molecule has 0 radical (unpaired) electrons. The lowest BCUT2D eigenvalue weighted by atomic mass is 9.91. The van der Waals surface area contributed by atoms with E-state index in [1.807, 2.05) is 71.6 Å². The quantitative estimate of drug-likeness (QED) is 0.0933. The molecule has 4 amide bonds. The van der Waals surface area contributed by atoms with Gasteiger partial charge in [-0.05, 0) is 85.0 Å². The zero-order valence-corrected chi connectivity index (χ0v) is 34.6. The molecular weight excluding hydrogens is 797 g/mol. The van der Waals surface area contributed by atoms with Gasteiger partial charge in [0.2, 0.25) is 0 Å². The summed E-state index contributed by atoms with van der Waals surface area (Å²) in [5.74, 6) is 7.53. The number of benzene rings is 4. The highest BCUT2D eigenvalue weighted by molar-refractivity contribution is 5.88. The minimum absolute atomic E-state index is 0.203. The van der Waals surface area contributed by atoms with Crippen LogP contribution in [0.1, 0.15) is 95.0 Å². The summed E-state index contributed by atoms with van der Waals surface area (Å²) < 4.78 is 4.85. The lowest BCUT2D eigenvalue weighted by molar-refractivity contribution is -0.135. The van der Waals surface area contributed by atoms with Gasteiger partial charge in [-0.25, -0.2) is 19.6 Å². The molecule has 0 unspecified atom stereocenters. The summed E-state index contributed by atoms with van der Waals surface area (Å²) in [7, 11) is 1.28. The van der Waals surface area contributed by atoms with Crippen LogP contribution < -0.4 is 10.6 Å². The summed E-state index contributed by atoms with van der Waals surface area (Å²) in [4.78, 5) is 71.9. The topological polar surface area (TPSA) is 186 Å². The van der Waals surface area contributed by atoms with Gasteiger partial charge in [0, 0.05) is 35.5 Å². The van der Waals surface area contributed by atoms with Crippen molar-refractivity contribution >= 4 is 24.0 Å². The maximum absolute atomic E-state index is 14.0. The molecule has 2 aromatic heterocycles. The van der Waals surface area contributed by atoms with E-state index in [9.17, 15) is 24.3 Å². The number of nitrogens with zero attached hydrogens (tertiary/aromatic N) is 4. The molecule has 14 heteroatoms. The molecule has 0 saturated carbocycles. The fourth-order valence-electron chi connectivity index (χ4n) is 9.02. The number of methoxy groups -OCH3 is 1. The second kappa shape index (κ2) is 17.7. The van der Waals surface area contributed by atoms with Gasteiger partial charge in [-0.2, -0.15) is 0 Å². The number of alkyl carbamates (subject to hydrolysis) is 1. The van der Waals surface area contributed by atoms with Gasteiger partial charge in [0.25, 0.3) is 11.8 Å². The van der Waals surface area contributed by atoms with Crippen molar-refractivity contribution in [3.63, 3.8) is 0 Å². The number of ether oxygens (including phenoxy) is 1. The number of nitrogens with one attached hydrogen (secondary N) is 4. The van der Waals surface area contributed by atoms with E-state index in [1.54, 1.807) is 35.4 Å². The number of carboxylic acid groups (broad SMARTS) is 1. The highest BCUT2D eigenvalue weighted by Gasteiger charge is 2.39. The Bertz CT molecular complexity index is 2720. The van der Waals surface area contributed by atoms with E-state index in [0.29, 0.717) is 36.5 Å². The Morgan fingerprint density at radius 1 is 0.746 bits per heavy atom. The number of hydrogen-bond acceptors (Lipinski definition) is 7. The second-order valence-electron chi connectivity index (χ2n) is 16.0. The molecule has 9 rings (SSSR count). The van der Waals surface area contributed by atoms with Crippen LogP contribution in [0.2, 0.25) is 0 Å². The number of H-pyrrole nitrogens is 2. The number of aryl methyl sites for hydroxylation is 2. The predicted octanol–water partition coefficient (Wildman–Crippen LogP) is 7.40. The number of fused-ring (bicyclic) bond motifs is 3. The largest absolute Gasteiger partial charge is 0.465 e. The molecule has 14 nitrogen and oxygen atoms in total. The average Bonchev–Trinajstić information content (AvgIpc) is 4.16. The molecule has 1 aliphatic carbocycles. The number of aromatic nitrogens is 4. The van der Waals surface area contributed by atoms with Gasteiger partial charge in [-0.1, -0.05) is 90.7 Å². The molecule has 3 aliphatic rings. The van der Waals surface area contributed by atoms with Crippen molar-refractivity contribution in [3.05, 3.63) is 154 Å². The van der Waals surface area contributed by atoms with Gasteiger partial charge in [-0.3, -0.25) is 9.59 Å². The first-order valence-electron chi connectivity index (χ1n) is 21.2. The molecule has 6 aromatic rings. The number of carbonyl (C=O) groups excluding carboxylic acids is 3. The Morgan fingerprint density at radius 3 is 1.98 bits per heavy atom. The fourth-order valence-corrected chi connectivity index (χ4v) is 9.02. The van der Waals surface area contributed by atoms with E-state index in [2.05, 4.69) is 49.6 Å². The second-order valence-corrected chi connectivity index (χ2v) is 16.0. The van der Waals surface area contributed by atoms with Gasteiger partial charge >= 0.3 is 12.2 Å². The summed E-state index contributed by atoms with van der Waals surface area (Å²) in [5, 5.41) is 14.6. The first-order valence-corrected chi connectivity index (χ1v) is 21.2. The average molecular weight is 843 g/mol. The number of rotatable bonds is 9. The van der Waals surface area contributed by atoms with Crippen LogP contribution in [0.3, 0.4) is 0 Å². The number of hydrogen-bond donors (Lipinski definition) is 5. The van der Waals surface area contributed by atoms with Gasteiger partial charge in [0.15, 0.2) is 0 Å². The lowest BCUT2D eigenvalue weighted by Crippen LogP contribution is -2.42. The lowest BCUT2D eigenvalue weighted by Gasteiger charge is -2.28. The van der Waals surface area contributed by atoms with E-state index >= 15 is 0 Å². The third-order valence-corrected chi connectivity index (χ3v) is 12.1. The van der Waals surface area contributed by atoms with E-state index in [4.69, 9.17) is 9.72 Å². The minimum Gasteiger partial charge on any atom is -0.465 e. The van der Waals surface area contributed by atoms with Crippen molar-refractivity contribution in [1.82, 2.24) is 40.4 Å². The third-order valence-electron chi connectivity index (χ3n) is 12.1. The SMILES string of the molecule is COC(=O)N[C@@H](C(=O)N1CCC[C@H]1c1nc2c([nH]1)CCc1cc(C#Cc3ccc(-c4cnc([C@@H]5CCCN5C(=O)[C@H](NC(=O)O)c5ccccc5)[nH]4)cc3)ccc1-2)c1ccccc1. The number of amides is 4. The van der Waals surface area contributed by atoms with E-state index in [-0.39, 0.29) is 23.9 Å². The van der Waals surface area contributed by atoms with Crippen LogP contribution in [-0.4, -0.2) is 79.0 Å². The zero-order chi connectivity index (χ0) is 43.5. The molecule has 2 aliphatic heterocycles. The molecule has 4 heterocycles. The first-order chi connectivity index (χ1) is 30.7. The molecule has 0 spiro atoms. The van der Waals surface area contributed by atoms with Crippen LogP contribution in [0.25, 0.3) is 22.5 Å². The Balaban J connectivity index is 0.868. The highest BCUT2D eigenvalue weighted by atomic mass is 16.5. The van der Waals surface area contributed by atoms with Crippen LogP contribution >= 0.6 is 0 Å². The molecule has 4 atom stereocenters. The zero-order valence-electron chi connectivity index (χ0n) is 34.6. The maximum Gasteiger partial charge on any atom is 0.407 e. The Morgan fingerprint density at radius 2 is 1.35 bits per heavy atom. The standard InChI is InChI=1S/C49H46N8O6/c1-63-49(62)55-42(34-12-6-3-7-13-34)47(59)57-27-9-15-40(57)45-51-37-25-23-35-28-31(20-24-36(35)43(37)53-45)17-16-30-18-21-32(22-19-30)38-29-50-44(52-38)39-14-8-26-56(39)46(58)41(54-48(60)61)33-10-4-2-5-11-33/h2-7,10-13,18-22,24,28-29,39-42,54H,8-9,14-15,23,25-27H2,1H3,(H,50,52)(H,51,53)(H,55,62)(H,60,61)/t39-,40-,41+,42+/m0/s1. The molecule has 0 bridgehead atoms. The monoisotopic (exact) mass is 842 g/mol. The van der Waals surface area contributed by atoms with Crippen LogP contribution in [0.5, 0.6) is 0 Å². The molecular formula is C49H46N8O6. The third kappa shape index (κ3) is 8.50. The van der Waals surface area contributed by atoms with Gasteiger partial charge < -0.3 is 40.2 Å².